The summed E-state index contributed by atoms with van der Waals surface area (Å²) in [4.78, 5) is 4.49. The Balaban J connectivity index is 2.19. The molecule has 2 N–H and O–H groups in total. The average Bonchev–Trinajstić information content (AvgIpc) is 2.73. The van der Waals surface area contributed by atoms with Crippen LogP contribution in [0.1, 0.15) is 24.1 Å². The maximum atomic E-state index is 6.14. The first kappa shape index (κ1) is 13.4. The second kappa shape index (κ2) is 5.09. The number of nitrogens with zero attached hydrogens (tertiary/aromatic N) is 2. The Morgan fingerprint density at radius 3 is 2.70 bits per heavy atom. The fraction of sp³-hybridized carbons (Fsp3) is 0.188. The summed E-state index contributed by atoms with van der Waals surface area (Å²) in [6.07, 6.45) is 0. The van der Waals surface area contributed by atoms with Crippen LogP contribution in [0.3, 0.4) is 0 Å². The van der Waals surface area contributed by atoms with E-state index in [0.29, 0.717) is 5.95 Å². The summed E-state index contributed by atoms with van der Waals surface area (Å²) in [5.41, 5.74) is 10.7. The molecule has 0 aliphatic heterocycles. The largest absolute Gasteiger partial charge is 0.369 e. The zero-order valence-corrected chi connectivity index (χ0v) is 13.6. The van der Waals surface area contributed by atoms with E-state index < -0.39 is 0 Å². The van der Waals surface area contributed by atoms with Crippen molar-refractivity contribution in [3.8, 4) is 0 Å². The molecule has 0 saturated heterocycles. The number of rotatable bonds is 2. The van der Waals surface area contributed by atoms with E-state index in [9.17, 15) is 0 Å². The highest BCUT2D eigenvalue weighted by Gasteiger charge is 2.16. The van der Waals surface area contributed by atoms with E-state index in [1.54, 1.807) is 0 Å². The van der Waals surface area contributed by atoms with Crippen molar-refractivity contribution in [2.75, 3.05) is 5.73 Å². The van der Waals surface area contributed by atoms with E-state index in [-0.39, 0.29) is 6.04 Å². The summed E-state index contributed by atoms with van der Waals surface area (Å²) in [6.45, 7) is 4.29. The monoisotopic (exact) mass is 377 g/mol. The van der Waals surface area contributed by atoms with Crippen LogP contribution in [-0.4, -0.2) is 9.55 Å². The van der Waals surface area contributed by atoms with Gasteiger partial charge < -0.3 is 10.3 Å². The van der Waals surface area contributed by atoms with Gasteiger partial charge in [-0.05, 0) is 65.8 Å². The summed E-state index contributed by atoms with van der Waals surface area (Å²) < 4.78 is 3.27. The van der Waals surface area contributed by atoms with Gasteiger partial charge in [0.2, 0.25) is 5.95 Å². The maximum Gasteiger partial charge on any atom is 0.201 e. The molecular formula is C16H16IN3. The Bertz CT molecular complexity index is 776. The van der Waals surface area contributed by atoms with E-state index >= 15 is 0 Å². The molecule has 2 aromatic carbocycles. The number of aryl methyl sites for hydroxylation is 1. The molecule has 0 saturated carbocycles. The Kier molecular flexibility index (Phi) is 3.41. The third kappa shape index (κ3) is 2.18. The van der Waals surface area contributed by atoms with Crippen molar-refractivity contribution in [3.05, 3.63) is 57.2 Å². The third-order valence-electron chi connectivity index (χ3n) is 3.70. The van der Waals surface area contributed by atoms with Crippen LogP contribution in [-0.2, 0) is 0 Å². The van der Waals surface area contributed by atoms with Gasteiger partial charge in [-0.25, -0.2) is 4.98 Å². The van der Waals surface area contributed by atoms with E-state index in [1.165, 1.54) is 14.7 Å². The topological polar surface area (TPSA) is 43.8 Å². The number of hydrogen-bond donors (Lipinski definition) is 1. The van der Waals surface area contributed by atoms with Crippen LogP contribution < -0.4 is 5.73 Å². The van der Waals surface area contributed by atoms with Crippen LogP contribution in [0.15, 0.2) is 42.5 Å². The van der Waals surface area contributed by atoms with Crippen molar-refractivity contribution in [1.82, 2.24) is 9.55 Å². The van der Waals surface area contributed by atoms with Gasteiger partial charge in [0.1, 0.15) is 0 Å². The average molecular weight is 377 g/mol. The SMILES string of the molecule is Cc1ccccc1C(C)n1c(N)nc2cc(I)ccc21. The van der Waals surface area contributed by atoms with Gasteiger partial charge in [0.15, 0.2) is 0 Å². The van der Waals surface area contributed by atoms with Crippen molar-refractivity contribution >= 4 is 39.6 Å². The van der Waals surface area contributed by atoms with E-state index in [0.717, 1.165) is 11.0 Å². The van der Waals surface area contributed by atoms with Crippen LogP contribution in [0.2, 0.25) is 0 Å². The summed E-state index contributed by atoms with van der Waals surface area (Å²) in [5.74, 6) is 0.567. The van der Waals surface area contributed by atoms with E-state index in [2.05, 4.69) is 88.5 Å². The van der Waals surface area contributed by atoms with Crippen LogP contribution >= 0.6 is 22.6 Å². The van der Waals surface area contributed by atoms with Crippen LogP contribution in [0.25, 0.3) is 11.0 Å². The number of benzene rings is 2. The van der Waals surface area contributed by atoms with Gasteiger partial charge in [-0.2, -0.15) is 0 Å². The lowest BCUT2D eigenvalue weighted by Gasteiger charge is -2.18. The lowest BCUT2D eigenvalue weighted by atomic mass is 10.0. The Morgan fingerprint density at radius 2 is 1.95 bits per heavy atom. The van der Waals surface area contributed by atoms with E-state index in [4.69, 9.17) is 5.73 Å². The molecule has 0 fully saturated rings. The second-order valence-corrected chi connectivity index (χ2v) is 6.25. The molecule has 1 heterocycles. The smallest absolute Gasteiger partial charge is 0.201 e. The fourth-order valence-electron chi connectivity index (χ4n) is 2.69. The van der Waals surface area contributed by atoms with Crippen molar-refractivity contribution in [2.45, 2.75) is 19.9 Å². The molecule has 0 amide bonds. The molecule has 1 atom stereocenters. The number of imidazole rings is 1. The molecule has 20 heavy (non-hydrogen) atoms. The Morgan fingerprint density at radius 1 is 1.20 bits per heavy atom. The maximum absolute atomic E-state index is 6.14. The molecule has 0 radical (unpaired) electrons. The summed E-state index contributed by atoms with van der Waals surface area (Å²) >= 11 is 2.29. The molecule has 3 nitrogen and oxygen atoms in total. The van der Waals surface area contributed by atoms with Crippen LogP contribution in [0.5, 0.6) is 0 Å². The number of anilines is 1. The van der Waals surface area contributed by atoms with Gasteiger partial charge >= 0.3 is 0 Å². The molecule has 0 bridgehead atoms. The zero-order valence-electron chi connectivity index (χ0n) is 11.5. The van der Waals surface area contributed by atoms with Crippen molar-refractivity contribution in [3.63, 3.8) is 0 Å². The van der Waals surface area contributed by atoms with Crippen LogP contribution in [0, 0.1) is 10.5 Å². The molecule has 1 unspecified atom stereocenters. The number of halogens is 1. The van der Waals surface area contributed by atoms with Gasteiger partial charge in [0.05, 0.1) is 17.1 Å². The summed E-state index contributed by atoms with van der Waals surface area (Å²) in [5, 5.41) is 0. The predicted octanol–water partition coefficient (Wildman–Crippen LogP) is 4.14. The van der Waals surface area contributed by atoms with Crippen molar-refractivity contribution in [1.29, 1.82) is 0 Å². The van der Waals surface area contributed by atoms with Gasteiger partial charge in [-0.3, -0.25) is 0 Å². The normalized spacial score (nSPS) is 12.8. The number of aromatic nitrogens is 2. The minimum absolute atomic E-state index is 0.168. The van der Waals surface area contributed by atoms with Crippen LogP contribution in [0.4, 0.5) is 5.95 Å². The first-order valence-corrected chi connectivity index (χ1v) is 7.64. The van der Waals surface area contributed by atoms with Gasteiger partial charge in [0.25, 0.3) is 0 Å². The molecule has 1 aromatic heterocycles. The first-order valence-electron chi connectivity index (χ1n) is 6.56. The van der Waals surface area contributed by atoms with Crippen molar-refractivity contribution < 1.29 is 0 Å². The highest BCUT2D eigenvalue weighted by Crippen LogP contribution is 2.29. The number of hydrogen-bond acceptors (Lipinski definition) is 2. The molecule has 4 heteroatoms. The lowest BCUT2D eigenvalue weighted by Crippen LogP contribution is -2.11. The first-order chi connectivity index (χ1) is 9.58. The molecule has 102 valence electrons. The summed E-state index contributed by atoms with van der Waals surface area (Å²) in [6, 6.07) is 14.8. The number of nitrogens with two attached hydrogens (primary N) is 1. The quantitative estimate of drug-likeness (QED) is 0.683. The number of nitrogen functional groups attached to an aromatic ring is 1. The predicted molar refractivity (Wildman–Crippen MR) is 91.9 cm³/mol. The Labute approximate surface area is 132 Å². The molecular weight excluding hydrogens is 361 g/mol. The van der Waals surface area contributed by atoms with Gasteiger partial charge in [-0.1, -0.05) is 24.3 Å². The minimum atomic E-state index is 0.168. The lowest BCUT2D eigenvalue weighted by molar-refractivity contribution is 0.663. The molecule has 0 spiro atoms. The molecule has 3 rings (SSSR count). The molecule has 0 aliphatic carbocycles. The van der Waals surface area contributed by atoms with E-state index in [1.807, 2.05) is 0 Å². The van der Waals surface area contributed by atoms with Crippen molar-refractivity contribution in [2.24, 2.45) is 0 Å². The second-order valence-electron chi connectivity index (χ2n) is 5.01. The van der Waals surface area contributed by atoms with Gasteiger partial charge in [-0.15, -0.1) is 0 Å². The third-order valence-corrected chi connectivity index (χ3v) is 4.38. The molecule has 3 aromatic rings. The highest BCUT2D eigenvalue weighted by atomic mass is 127. The standard InChI is InChI=1S/C16H16IN3/c1-10-5-3-4-6-13(10)11(2)20-15-8-7-12(17)9-14(15)19-16(20)18/h3-9,11H,1-2H3,(H2,18,19). The zero-order chi connectivity index (χ0) is 14.3. The summed E-state index contributed by atoms with van der Waals surface area (Å²) in [7, 11) is 0. The fourth-order valence-corrected chi connectivity index (χ4v) is 3.17. The molecule has 0 aliphatic rings. The van der Waals surface area contributed by atoms with Gasteiger partial charge in [0, 0.05) is 3.57 Å². The Hall–Kier alpha value is -1.56. The highest BCUT2D eigenvalue weighted by molar-refractivity contribution is 14.1. The minimum Gasteiger partial charge on any atom is -0.369 e. The number of fused-ring (bicyclic) bond motifs is 1.